The Morgan fingerprint density at radius 3 is 2.32 bits per heavy atom. The van der Waals surface area contributed by atoms with Crippen LogP contribution in [-0.4, -0.2) is 17.9 Å². The maximum absolute atomic E-state index is 13.6. The molecule has 2 fully saturated rings. The predicted octanol–water partition coefficient (Wildman–Crippen LogP) is 2.82. The average Bonchev–Trinajstić information content (AvgIpc) is 2.74. The van der Waals surface area contributed by atoms with Gasteiger partial charge in [-0.15, -0.1) is 0 Å². The molecule has 2 nitrogen and oxygen atoms in total. The van der Waals surface area contributed by atoms with Crippen molar-refractivity contribution in [2.75, 3.05) is 0 Å². The molecule has 0 saturated carbocycles. The highest BCUT2D eigenvalue weighted by atomic mass is 19.2. The van der Waals surface area contributed by atoms with Crippen LogP contribution in [0.15, 0.2) is 12.1 Å². The van der Waals surface area contributed by atoms with Gasteiger partial charge < -0.3 is 5.32 Å². The van der Waals surface area contributed by atoms with Crippen LogP contribution in [0.3, 0.4) is 0 Å². The molecule has 2 aliphatic rings. The van der Waals surface area contributed by atoms with Gasteiger partial charge in [-0.05, 0) is 37.8 Å². The maximum atomic E-state index is 13.6. The van der Waals surface area contributed by atoms with E-state index in [4.69, 9.17) is 0 Å². The van der Waals surface area contributed by atoms with E-state index in [1.165, 1.54) is 0 Å². The molecule has 5 heteroatoms. The number of ketones is 1. The molecule has 2 heterocycles. The Hall–Kier alpha value is -1.36. The van der Waals surface area contributed by atoms with Crippen molar-refractivity contribution in [3.8, 4) is 0 Å². The zero-order valence-corrected chi connectivity index (χ0v) is 10.3. The van der Waals surface area contributed by atoms with Crippen LogP contribution < -0.4 is 5.32 Å². The normalized spacial score (nSPS) is 29.5. The van der Waals surface area contributed by atoms with Gasteiger partial charge in [0.25, 0.3) is 0 Å². The number of fused-ring (bicyclic) bond motifs is 2. The molecule has 1 N–H and O–H groups in total. The summed E-state index contributed by atoms with van der Waals surface area (Å²) in [6, 6.07) is 2.43. The van der Waals surface area contributed by atoms with Gasteiger partial charge in [-0.2, -0.15) is 0 Å². The Balaban J connectivity index is 1.86. The number of nitrogens with one attached hydrogen (secondary N) is 1. The molecular weight excluding hydrogens is 255 g/mol. The second-order valence-corrected chi connectivity index (χ2v) is 5.39. The minimum atomic E-state index is -1.57. The Labute approximate surface area is 109 Å². The molecule has 2 bridgehead atoms. The van der Waals surface area contributed by atoms with Crippen molar-refractivity contribution in [3.05, 3.63) is 35.1 Å². The van der Waals surface area contributed by atoms with Crippen molar-refractivity contribution < 1.29 is 18.0 Å². The molecule has 0 aromatic heterocycles. The molecule has 2 saturated heterocycles. The second-order valence-electron chi connectivity index (χ2n) is 5.39. The Morgan fingerprint density at radius 1 is 1.05 bits per heavy atom. The van der Waals surface area contributed by atoms with Crippen molar-refractivity contribution in [2.24, 2.45) is 5.92 Å². The Kier molecular flexibility index (Phi) is 3.09. The van der Waals surface area contributed by atoms with Crippen LogP contribution in [0.1, 0.15) is 36.0 Å². The fraction of sp³-hybridized carbons (Fsp3) is 0.500. The molecule has 2 aliphatic heterocycles. The molecule has 0 aliphatic carbocycles. The van der Waals surface area contributed by atoms with Gasteiger partial charge >= 0.3 is 0 Å². The summed E-state index contributed by atoms with van der Waals surface area (Å²) in [6.45, 7) is 0. The lowest BCUT2D eigenvalue weighted by Crippen LogP contribution is -2.40. The van der Waals surface area contributed by atoms with Crippen molar-refractivity contribution in [3.63, 3.8) is 0 Å². The van der Waals surface area contributed by atoms with Crippen LogP contribution in [-0.2, 0) is 0 Å². The van der Waals surface area contributed by atoms with Gasteiger partial charge in [0, 0.05) is 18.0 Å². The summed E-state index contributed by atoms with van der Waals surface area (Å²) in [5, 5.41) is 3.38. The summed E-state index contributed by atoms with van der Waals surface area (Å²) >= 11 is 0. The molecular formula is C14H14F3NO. The standard InChI is InChI=1S/C14H14F3NO/c15-11-4-3-10(12(16)13(11)17)14(19)7-5-8-1-2-9(6-7)18-8/h3-4,7-9,18H,1-2,5-6H2. The van der Waals surface area contributed by atoms with Crippen LogP contribution in [0, 0.1) is 23.4 Å². The number of piperidine rings is 1. The number of halogens is 3. The minimum Gasteiger partial charge on any atom is -0.311 e. The lowest BCUT2D eigenvalue weighted by Gasteiger charge is -2.28. The molecule has 3 rings (SSSR count). The molecule has 2 atom stereocenters. The molecule has 2 unspecified atom stereocenters. The number of Topliss-reactive ketones (excluding diaryl/α,β-unsaturated/α-hetero) is 1. The second kappa shape index (κ2) is 4.63. The van der Waals surface area contributed by atoms with E-state index in [-0.39, 0.29) is 11.5 Å². The summed E-state index contributed by atoms with van der Waals surface area (Å²) in [5.41, 5.74) is -0.329. The lowest BCUT2D eigenvalue weighted by molar-refractivity contribution is 0.0870. The molecule has 0 radical (unpaired) electrons. The lowest BCUT2D eigenvalue weighted by atomic mass is 9.85. The van der Waals surface area contributed by atoms with E-state index in [2.05, 4.69) is 5.32 Å². The molecule has 0 amide bonds. The first-order valence-corrected chi connectivity index (χ1v) is 6.50. The monoisotopic (exact) mass is 269 g/mol. The van der Waals surface area contributed by atoms with E-state index in [9.17, 15) is 18.0 Å². The van der Waals surface area contributed by atoms with E-state index in [0.717, 1.165) is 25.0 Å². The van der Waals surface area contributed by atoms with Gasteiger partial charge in [0.1, 0.15) is 0 Å². The number of hydrogen-bond donors (Lipinski definition) is 1. The third-order valence-corrected chi connectivity index (χ3v) is 4.14. The Bertz CT molecular complexity index is 520. The van der Waals surface area contributed by atoms with E-state index in [0.29, 0.717) is 24.9 Å². The average molecular weight is 269 g/mol. The van der Waals surface area contributed by atoms with Gasteiger partial charge in [0.2, 0.25) is 0 Å². The SMILES string of the molecule is O=C(c1ccc(F)c(F)c1F)C1CC2CCC(C1)N2. The zero-order valence-electron chi connectivity index (χ0n) is 10.3. The van der Waals surface area contributed by atoms with E-state index in [1.54, 1.807) is 0 Å². The Morgan fingerprint density at radius 2 is 1.68 bits per heavy atom. The molecule has 1 aromatic carbocycles. The highest BCUT2D eigenvalue weighted by Crippen LogP contribution is 2.33. The van der Waals surface area contributed by atoms with Crippen LogP contribution in [0.2, 0.25) is 0 Å². The predicted molar refractivity (Wildman–Crippen MR) is 63.3 cm³/mol. The van der Waals surface area contributed by atoms with Crippen molar-refractivity contribution >= 4 is 5.78 Å². The number of benzene rings is 1. The highest BCUT2D eigenvalue weighted by molar-refractivity contribution is 5.98. The van der Waals surface area contributed by atoms with Gasteiger partial charge in [-0.1, -0.05) is 0 Å². The van der Waals surface area contributed by atoms with Crippen LogP contribution >= 0.6 is 0 Å². The topological polar surface area (TPSA) is 29.1 Å². The number of hydrogen-bond acceptors (Lipinski definition) is 2. The number of rotatable bonds is 2. The molecule has 19 heavy (non-hydrogen) atoms. The zero-order chi connectivity index (χ0) is 13.6. The van der Waals surface area contributed by atoms with Crippen LogP contribution in [0.25, 0.3) is 0 Å². The summed E-state index contributed by atoms with van der Waals surface area (Å²) in [6.07, 6.45) is 3.34. The van der Waals surface area contributed by atoms with Gasteiger partial charge in [-0.3, -0.25) is 4.79 Å². The first-order valence-electron chi connectivity index (χ1n) is 6.50. The molecule has 102 valence electrons. The fourth-order valence-electron chi connectivity index (χ4n) is 3.21. The van der Waals surface area contributed by atoms with Crippen LogP contribution in [0.5, 0.6) is 0 Å². The molecule has 1 aromatic rings. The number of carbonyl (C=O) groups is 1. The fourth-order valence-corrected chi connectivity index (χ4v) is 3.21. The smallest absolute Gasteiger partial charge is 0.195 e. The van der Waals surface area contributed by atoms with Crippen molar-refractivity contribution in [1.29, 1.82) is 0 Å². The van der Waals surface area contributed by atoms with Crippen molar-refractivity contribution in [2.45, 2.75) is 37.8 Å². The maximum Gasteiger partial charge on any atom is 0.195 e. The minimum absolute atomic E-state index is 0.293. The van der Waals surface area contributed by atoms with E-state index < -0.39 is 23.2 Å². The third kappa shape index (κ3) is 2.16. The summed E-state index contributed by atoms with van der Waals surface area (Å²) in [4.78, 5) is 12.2. The van der Waals surface area contributed by atoms with Gasteiger partial charge in [-0.25, -0.2) is 13.2 Å². The third-order valence-electron chi connectivity index (χ3n) is 4.14. The van der Waals surface area contributed by atoms with Gasteiger partial charge in [0.15, 0.2) is 23.2 Å². The highest BCUT2D eigenvalue weighted by Gasteiger charge is 2.37. The summed E-state index contributed by atoms with van der Waals surface area (Å²) < 4.78 is 39.7. The quantitative estimate of drug-likeness (QED) is 0.660. The first-order chi connectivity index (χ1) is 9.06. The summed E-state index contributed by atoms with van der Waals surface area (Å²) in [5.74, 6) is -4.90. The van der Waals surface area contributed by atoms with Crippen LogP contribution in [0.4, 0.5) is 13.2 Å². The summed E-state index contributed by atoms with van der Waals surface area (Å²) in [7, 11) is 0. The van der Waals surface area contributed by atoms with Gasteiger partial charge in [0.05, 0.1) is 5.56 Å². The molecule has 0 spiro atoms. The largest absolute Gasteiger partial charge is 0.311 e. The first kappa shape index (κ1) is 12.7. The van der Waals surface area contributed by atoms with E-state index >= 15 is 0 Å². The van der Waals surface area contributed by atoms with Crippen molar-refractivity contribution in [1.82, 2.24) is 5.32 Å². The number of carbonyl (C=O) groups excluding carboxylic acids is 1. The van der Waals surface area contributed by atoms with E-state index in [1.807, 2.05) is 0 Å².